The average molecular weight is 588 g/mol. The molecule has 4 amide bonds. The van der Waals surface area contributed by atoms with Gasteiger partial charge in [0.05, 0.1) is 0 Å². The van der Waals surface area contributed by atoms with E-state index < -0.39 is 17.9 Å². The van der Waals surface area contributed by atoms with Crippen molar-refractivity contribution in [3.05, 3.63) is 83.5 Å². The van der Waals surface area contributed by atoms with Crippen LogP contribution < -0.4 is 16.1 Å². The van der Waals surface area contributed by atoms with Gasteiger partial charge < -0.3 is 20.5 Å². The largest absolute Gasteiger partial charge is 0.355 e. The number of aromatic nitrogens is 1. The van der Waals surface area contributed by atoms with Gasteiger partial charge in [-0.15, -0.1) is 0 Å². The van der Waals surface area contributed by atoms with Crippen LogP contribution in [0, 0.1) is 0 Å². The molecular weight excluding hydrogens is 546 g/mol. The Hall–Kier alpha value is -4.70. The quantitative estimate of drug-likeness (QED) is 0.161. The summed E-state index contributed by atoms with van der Waals surface area (Å²) < 4.78 is 0. The summed E-state index contributed by atoms with van der Waals surface area (Å²) in [5.41, 5.74) is 7.19. The number of amides is 4. The third-order valence-electron chi connectivity index (χ3n) is 7.05. The molecule has 0 bridgehead atoms. The predicted molar refractivity (Wildman–Crippen MR) is 167 cm³/mol. The Balaban J connectivity index is 0.00000248. The number of H-pyrrole nitrogens is 1. The maximum atomic E-state index is 12.5. The molecule has 5 N–H and O–H groups in total. The normalized spacial score (nSPS) is 13.6. The molecule has 10 nitrogen and oxygen atoms in total. The van der Waals surface area contributed by atoms with Gasteiger partial charge in [0, 0.05) is 54.6 Å². The molecule has 0 fully saturated rings. The number of hydrogen-bond acceptors (Lipinski definition) is 5. The molecule has 1 aliphatic rings. The maximum Gasteiger partial charge on any atom is 0.267 e. The van der Waals surface area contributed by atoms with Crippen molar-refractivity contribution in [2.24, 2.45) is 0 Å². The zero-order valence-electron chi connectivity index (χ0n) is 25.2. The number of allylic oxidation sites excluding steroid dienone is 1. The number of nitrogens with zero attached hydrogens (tertiary/aromatic N) is 1. The summed E-state index contributed by atoms with van der Waals surface area (Å²) in [4.78, 5) is 54.6. The van der Waals surface area contributed by atoms with Crippen molar-refractivity contribution in [1.82, 2.24) is 26.0 Å². The summed E-state index contributed by atoms with van der Waals surface area (Å²) in [6, 6.07) is 17.0. The van der Waals surface area contributed by atoms with Gasteiger partial charge >= 0.3 is 0 Å². The lowest BCUT2D eigenvalue weighted by molar-refractivity contribution is -0.135. The lowest BCUT2D eigenvalue weighted by Gasteiger charge is -2.19. The van der Waals surface area contributed by atoms with Gasteiger partial charge in [0.15, 0.2) is 0 Å². The van der Waals surface area contributed by atoms with E-state index in [4.69, 9.17) is 5.21 Å². The Morgan fingerprint density at radius 1 is 1.05 bits per heavy atom. The van der Waals surface area contributed by atoms with Crippen molar-refractivity contribution >= 4 is 34.5 Å². The molecule has 43 heavy (non-hydrogen) atoms. The lowest BCUT2D eigenvalue weighted by Crippen LogP contribution is -2.52. The molecule has 10 heteroatoms. The van der Waals surface area contributed by atoms with Gasteiger partial charge in [-0.25, -0.2) is 5.48 Å². The molecule has 0 radical (unpaired) electrons. The van der Waals surface area contributed by atoms with Crippen LogP contribution in [0.2, 0.25) is 0 Å². The van der Waals surface area contributed by atoms with Crippen molar-refractivity contribution in [3.8, 4) is 11.3 Å². The first-order valence-corrected chi connectivity index (χ1v) is 14.6. The Morgan fingerprint density at radius 3 is 2.44 bits per heavy atom. The van der Waals surface area contributed by atoms with E-state index in [1.165, 1.54) is 5.48 Å². The van der Waals surface area contributed by atoms with Crippen LogP contribution in [0.5, 0.6) is 0 Å². The second kappa shape index (κ2) is 16.1. The maximum absolute atomic E-state index is 12.5. The number of carbonyl (C=O) groups excluding carboxylic acids is 4. The minimum atomic E-state index is -1.17. The van der Waals surface area contributed by atoms with Crippen LogP contribution in [0.15, 0.2) is 77.9 Å². The van der Waals surface area contributed by atoms with Crippen LogP contribution in [-0.2, 0) is 25.6 Å². The van der Waals surface area contributed by atoms with E-state index in [0.717, 1.165) is 33.3 Å². The van der Waals surface area contributed by atoms with Gasteiger partial charge in [-0.05, 0) is 49.1 Å². The molecule has 2 heterocycles. The first kappa shape index (κ1) is 32.8. The first-order chi connectivity index (χ1) is 20.8. The number of rotatable bonds is 12. The molecule has 1 atom stereocenters. The number of aryl methyl sites for hydroxylation is 1. The van der Waals surface area contributed by atoms with Crippen LogP contribution in [0.4, 0.5) is 0 Å². The predicted octanol–water partition coefficient (Wildman–Crippen LogP) is 4.03. The van der Waals surface area contributed by atoms with E-state index in [9.17, 15) is 19.2 Å². The number of carbonyl (C=O) groups is 4. The van der Waals surface area contributed by atoms with E-state index in [1.807, 2.05) is 70.2 Å². The van der Waals surface area contributed by atoms with Crippen molar-refractivity contribution in [2.45, 2.75) is 53.0 Å². The summed E-state index contributed by atoms with van der Waals surface area (Å²) in [6.45, 7) is 8.14. The fourth-order valence-electron chi connectivity index (χ4n) is 4.79. The molecule has 0 saturated heterocycles. The number of benzene rings is 2. The monoisotopic (exact) mass is 587 g/mol. The first-order valence-electron chi connectivity index (χ1n) is 14.6. The van der Waals surface area contributed by atoms with Crippen LogP contribution in [-0.4, -0.2) is 64.4 Å². The Labute approximate surface area is 252 Å². The van der Waals surface area contributed by atoms with Crippen LogP contribution in [0.1, 0.15) is 46.1 Å². The highest BCUT2D eigenvalue weighted by Crippen LogP contribution is 2.24. The summed E-state index contributed by atoms with van der Waals surface area (Å²) >= 11 is 0. The molecular formula is C33H41N5O5. The topological polar surface area (TPSA) is 144 Å². The van der Waals surface area contributed by atoms with Gasteiger partial charge in [0.2, 0.25) is 11.8 Å². The van der Waals surface area contributed by atoms with E-state index in [2.05, 4.69) is 27.8 Å². The summed E-state index contributed by atoms with van der Waals surface area (Å²) in [5, 5.41) is 15.4. The third-order valence-corrected chi connectivity index (χ3v) is 7.05. The van der Waals surface area contributed by atoms with E-state index in [-0.39, 0.29) is 37.7 Å². The van der Waals surface area contributed by atoms with Crippen molar-refractivity contribution in [3.63, 3.8) is 0 Å². The minimum absolute atomic E-state index is 0.0280. The molecule has 4 rings (SSSR count). The summed E-state index contributed by atoms with van der Waals surface area (Å²) in [6.07, 6.45) is 4.20. The second-order valence-electron chi connectivity index (χ2n) is 10.0. The van der Waals surface area contributed by atoms with Gasteiger partial charge in [0.1, 0.15) is 6.04 Å². The molecule has 0 spiro atoms. The minimum Gasteiger partial charge on any atom is -0.355 e. The summed E-state index contributed by atoms with van der Waals surface area (Å²) in [5.74, 6) is -1.77. The Bertz CT molecular complexity index is 1460. The van der Waals surface area contributed by atoms with Crippen LogP contribution in [0.3, 0.4) is 0 Å². The van der Waals surface area contributed by atoms with Crippen LogP contribution in [0.25, 0.3) is 22.2 Å². The van der Waals surface area contributed by atoms with Gasteiger partial charge in [0.25, 0.3) is 11.8 Å². The molecule has 3 aromatic rings. The number of para-hydroxylation sites is 1. The zero-order chi connectivity index (χ0) is 31.4. The molecule has 0 aliphatic carbocycles. The standard InChI is InChI=1S/C31H35N5O5.C2H6/c1-3-6-24-20(2)19-36(31(24)40)16-15-29(38)34-27(30(39)35-41)18-32-28(37)14-11-21-9-12-22(13-10-21)26-17-23-7-4-5-8-25(23)33-26;1-2/h3-10,12-13,17,27,33,41H,11,14-16,18-19H2,1-2H3,(H,32,37)(H,34,38)(H,35,39);1-2H3/b6-3-;/t27-;/m0./s1. The zero-order valence-corrected chi connectivity index (χ0v) is 25.2. The van der Waals surface area contributed by atoms with Crippen LogP contribution >= 0.6 is 0 Å². The van der Waals surface area contributed by atoms with Crippen molar-refractivity contribution in [2.75, 3.05) is 19.6 Å². The molecule has 2 aromatic carbocycles. The molecule has 0 unspecified atom stereocenters. The average Bonchev–Trinajstić information content (AvgIpc) is 3.58. The SMILES string of the molecule is C/C=C\C1=C(C)CN(CCC(=O)N[C@@H](CNC(=O)CCc2ccc(-c3cc4ccccc4[nH]3)cc2)C(=O)NO)C1=O.CC. The second-order valence-corrected chi connectivity index (χ2v) is 10.0. The number of hydrogen-bond donors (Lipinski definition) is 5. The van der Waals surface area contributed by atoms with E-state index in [0.29, 0.717) is 18.5 Å². The highest BCUT2D eigenvalue weighted by molar-refractivity contribution is 6.00. The number of fused-ring (bicyclic) bond motifs is 1. The Morgan fingerprint density at radius 2 is 1.77 bits per heavy atom. The fraction of sp³-hybridized carbons (Fsp3) is 0.333. The molecule has 1 aromatic heterocycles. The van der Waals surface area contributed by atoms with Crippen molar-refractivity contribution in [1.29, 1.82) is 0 Å². The van der Waals surface area contributed by atoms with Gasteiger partial charge in [-0.3, -0.25) is 24.4 Å². The lowest BCUT2D eigenvalue weighted by atomic mass is 10.1. The van der Waals surface area contributed by atoms with E-state index in [1.54, 1.807) is 17.1 Å². The third kappa shape index (κ3) is 8.89. The highest BCUT2D eigenvalue weighted by Gasteiger charge is 2.27. The molecule has 0 saturated carbocycles. The van der Waals surface area contributed by atoms with Gasteiger partial charge in [-0.2, -0.15) is 0 Å². The van der Waals surface area contributed by atoms with Crippen molar-refractivity contribution < 1.29 is 24.4 Å². The summed E-state index contributed by atoms with van der Waals surface area (Å²) in [7, 11) is 0. The molecule has 228 valence electrons. The molecule has 1 aliphatic heterocycles. The van der Waals surface area contributed by atoms with Gasteiger partial charge in [-0.1, -0.05) is 68.5 Å². The number of hydroxylamine groups is 1. The number of aromatic amines is 1. The highest BCUT2D eigenvalue weighted by atomic mass is 16.5. The van der Waals surface area contributed by atoms with E-state index >= 15 is 0 Å². The fourth-order valence-corrected chi connectivity index (χ4v) is 4.79. The Kier molecular flexibility index (Phi) is 12.3. The number of nitrogens with one attached hydrogen (secondary N) is 4. The smallest absolute Gasteiger partial charge is 0.267 e.